The van der Waals surface area contributed by atoms with Crippen molar-refractivity contribution in [1.29, 1.82) is 0 Å². The zero-order chi connectivity index (χ0) is 17.5. The number of nitrogens with one attached hydrogen (secondary N) is 1. The van der Waals surface area contributed by atoms with Crippen LogP contribution in [0.15, 0.2) is 42.7 Å². The quantitative estimate of drug-likeness (QED) is 0.818. The average molecular weight is 330 g/mol. The second kappa shape index (κ2) is 7.96. The molecule has 24 heavy (non-hydrogen) atoms. The maximum atomic E-state index is 12.2. The van der Waals surface area contributed by atoms with E-state index in [-0.39, 0.29) is 0 Å². The summed E-state index contributed by atoms with van der Waals surface area (Å²) in [6.07, 6.45) is 1.96. The van der Waals surface area contributed by atoms with E-state index in [0.29, 0.717) is 22.7 Å². The molecule has 0 aliphatic rings. The molecule has 0 spiro atoms. The number of ether oxygens (including phenoxy) is 3. The topological polar surface area (TPSA) is 86.8 Å². The maximum Gasteiger partial charge on any atom is 0.339 e. The Morgan fingerprint density at radius 1 is 1.08 bits per heavy atom. The van der Waals surface area contributed by atoms with Crippen molar-refractivity contribution in [3.8, 4) is 11.5 Å². The number of carbonyl (C=O) groups excluding carboxylic acids is 2. The van der Waals surface area contributed by atoms with Gasteiger partial charge in [0.15, 0.2) is 6.10 Å². The van der Waals surface area contributed by atoms with Gasteiger partial charge in [0.2, 0.25) is 0 Å². The number of pyridine rings is 1. The fraction of sp³-hybridized carbons (Fsp3) is 0.235. The number of amides is 1. The maximum absolute atomic E-state index is 12.2. The second-order valence-electron chi connectivity index (χ2n) is 4.84. The van der Waals surface area contributed by atoms with Gasteiger partial charge < -0.3 is 19.5 Å². The number of benzene rings is 1. The molecule has 0 aliphatic heterocycles. The number of anilines is 1. The van der Waals surface area contributed by atoms with Gasteiger partial charge in [0.1, 0.15) is 11.5 Å². The highest BCUT2D eigenvalue weighted by Crippen LogP contribution is 2.29. The summed E-state index contributed by atoms with van der Waals surface area (Å²) in [6.45, 7) is 1.49. The molecule has 7 nitrogen and oxygen atoms in total. The molecule has 1 heterocycles. The van der Waals surface area contributed by atoms with Crippen LogP contribution in [0.4, 0.5) is 5.69 Å². The van der Waals surface area contributed by atoms with Gasteiger partial charge in [-0.05, 0) is 31.2 Å². The predicted octanol–water partition coefficient (Wildman–Crippen LogP) is 2.28. The van der Waals surface area contributed by atoms with Crippen molar-refractivity contribution in [1.82, 2.24) is 4.98 Å². The second-order valence-corrected chi connectivity index (χ2v) is 4.84. The number of hydrogen-bond acceptors (Lipinski definition) is 6. The monoisotopic (exact) mass is 330 g/mol. The molecule has 2 aromatic rings. The summed E-state index contributed by atoms with van der Waals surface area (Å²) in [7, 11) is 3.01. The minimum atomic E-state index is -0.985. The summed E-state index contributed by atoms with van der Waals surface area (Å²) in [4.78, 5) is 28.0. The molecule has 126 valence electrons. The molecule has 0 radical (unpaired) electrons. The SMILES string of the molecule is COc1ccc(OC)c(NC(=O)C(C)OC(=O)c2ccncc2)c1. The average Bonchev–Trinajstić information content (AvgIpc) is 2.62. The van der Waals surface area contributed by atoms with E-state index in [2.05, 4.69) is 10.3 Å². The van der Waals surface area contributed by atoms with Crippen LogP contribution in [0.1, 0.15) is 17.3 Å². The Morgan fingerprint density at radius 2 is 1.79 bits per heavy atom. The summed E-state index contributed by atoms with van der Waals surface area (Å²) < 4.78 is 15.5. The van der Waals surface area contributed by atoms with Crippen LogP contribution in [0.2, 0.25) is 0 Å². The Labute approximate surface area is 139 Å². The van der Waals surface area contributed by atoms with Crippen LogP contribution in [-0.2, 0) is 9.53 Å². The summed E-state index contributed by atoms with van der Waals surface area (Å²) in [5.74, 6) is -0.0500. The van der Waals surface area contributed by atoms with Gasteiger partial charge >= 0.3 is 5.97 Å². The Kier molecular flexibility index (Phi) is 5.73. The highest BCUT2D eigenvalue weighted by Gasteiger charge is 2.20. The first-order valence-electron chi connectivity index (χ1n) is 7.19. The van der Waals surface area contributed by atoms with Crippen molar-refractivity contribution in [2.75, 3.05) is 19.5 Å². The van der Waals surface area contributed by atoms with E-state index < -0.39 is 18.0 Å². The number of hydrogen-bond donors (Lipinski definition) is 1. The molecule has 1 amide bonds. The van der Waals surface area contributed by atoms with Crippen LogP contribution in [0.3, 0.4) is 0 Å². The molecule has 1 aromatic carbocycles. The molecule has 1 unspecified atom stereocenters. The van der Waals surface area contributed by atoms with Gasteiger partial charge in [-0.1, -0.05) is 0 Å². The number of nitrogens with zero attached hydrogens (tertiary/aromatic N) is 1. The van der Waals surface area contributed by atoms with Crippen LogP contribution < -0.4 is 14.8 Å². The largest absolute Gasteiger partial charge is 0.497 e. The van der Waals surface area contributed by atoms with E-state index in [0.717, 1.165) is 0 Å². The fourth-order valence-electron chi connectivity index (χ4n) is 1.92. The third kappa shape index (κ3) is 4.22. The van der Waals surface area contributed by atoms with E-state index in [1.807, 2.05) is 0 Å². The third-order valence-electron chi connectivity index (χ3n) is 3.23. The van der Waals surface area contributed by atoms with Gasteiger partial charge in [-0.2, -0.15) is 0 Å². The van der Waals surface area contributed by atoms with Crippen molar-refractivity contribution in [3.63, 3.8) is 0 Å². The summed E-state index contributed by atoms with van der Waals surface area (Å²) in [5.41, 5.74) is 0.747. The number of methoxy groups -OCH3 is 2. The molecule has 1 atom stereocenters. The lowest BCUT2D eigenvalue weighted by Gasteiger charge is -2.15. The smallest absolute Gasteiger partial charge is 0.339 e. The standard InChI is InChI=1S/C17H18N2O5/c1-11(24-17(21)12-6-8-18-9-7-12)16(20)19-14-10-13(22-2)4-5-15(14)23-3/h4-11H,1-3H3,(H,19,20). The highest BCUT2D eigenvalue weighted by atomic mass is 16.5. The van der Waals surface area contributed by atoms with Gasteiger partial charge in [0, 0.05) is 18.5 Å². The predicted molar refractivity (Wildman–Crippen MR) is 87.3 cm³/mol. The Hall–Kier alpha value is -3.09. The minimum Gasteiger partial charge on any atom is -0.497 e. The van der Waals surface area contributed by atoms with Gasteiger partial charge in [-0.25, -0.2) is 4.79 Å². The Morgan fingerprint density at radius 3 is 2.42 bits per heavy atom. The zero-order valence-corrected chi connectivity index (χ0v) is 13.6. The van der Waals surface area contributed by atoms with Gasteiger partial charge in [-0.3, -0.25) is 9.78 Å². The summed E-state index contributed by atoms with van der Waals surface area (Å²) >= 11 is 0. The molecule has 0 bridgehead atoms. The van der Waals surface area contributed by atoms with Gasteiger partial charge in [-0.15, -0.1) is 0 Å². The lowest BCUT2D eigenvalue weighted by molar-refractivity contribution is -0.123. The molecular formula is C17H18N2O5. The van der Waals surface area contributed by atoms with Gasteiger partial charge in [0.25, 0.3) is 5.91 Å². The van der Waals surface area contributed by atoms with Crippen molar-refractivity contribution in [2.24, 2.45) is 0 Å². The molecule has 1 N–H and O–H groups in total. The molecule has 0 saturated heterocycles. The van der Waals surface area contributed by atoms with E-state index in [1.165, 1.54) is 45.7 Å². The number of carbonyl (C=O) groups is 2. The molecule has 1 aromatic heterocycles. The van der Waals surface area contributed by atoms with E-state index in [9.17, 15) is 9.59 Å². The lowest BCUT2D eigenvalue weighted by Crippen LogP contribution is -2.30. The molecule has 0 fully saturated rings. The van der Waals surface area contributed by atoms with E-state index in [4.69, 9.17) is 14.2 Å². The fourth-order valence-corrected chi connectivity index (χ4v) is 1.92. The van der Waals surface area contributed by atoms with Gasteiger partial charge in [0.05, 0.1) is 25.5 Å². The Balaban J connectivity index is 2.05. The summed E-state index contributed by atoms with van der Waals surface area (Å²) in [6, 6.07) is 8.02. The highest BCUT2D eigenvalue weighted by molar-refractivity contribution is 5.98. The number of rotatable bonds is 6. The first kappa shape index (κ1) is 17.3. The van der Waals surface area contributed by atoms with Crippen LogP contribution in [0.25, 0.3) is 0 Å². The minimum absolute atomic E-state index is 0.323. The zero-order valence-electron chi connectivity index (χ0n) is 13.6. The molecule has 7 heteroatoms. The van der Waals surface area contributed by atoms with Crippen molar-refractivity contribution in [3.05, 3.63) is 48.3 Å². The molecule has 0 saturated carbocycles. The third-order valence-corrected chi connectivity index (χ3v) is 3.23. The van der Waals surface area contributed by atoms with E-state index >= 15 is 0 Å². The van der Waals surface area contributed by atoms with Crippen molar-refractivity contribution in [2.45, 2.75) is 13.0 Å². The van der Waals surface area contributed by atoms with Crippen molar-refractivity contribution < 1.29 is 23.8 Å². The van der Waals surface area contributed by atoms with Crippen LogP contribution >= 0.6 is 0 Å². The number of aromatic nitrogens is 1. The normalized spacial score (nSPS) is 11.3. The molecule has 0 aliphatic carbocycles. The van der Waals surface area contributed by atoms with Crippen LogP contribution in [0.5, 0.6) is 11.5 Å². The van der Waals surface area contributed by atoms with Crippen LogP contribution in [0, 0.1) is 0 Å². The first-order valence-corrected chi connectivity index (χ1v) is 7.19. The lowest BCUT2D eigenvalue weighted by atomic mass is 10.2. The van der Waals surface area contributed by atoms with E-state index in [1.54, 1.807) is 18.2 Å². The van der Waals surface area contributed by atoms with Crippen LogP contribution in [-0.4, -0.2) is 37.2 Å². The van der Waals surface area contributed by atoms with Crippen molar-refractivity contribution >= 4 is 17.6 Å². The number of esters is 1. The molecule has 2 rings (SSSR count). The Bertz CT molecular complexity index is 718. The molecular weight excluding hydrogens is 312 g/mol. The first-order chi connectivity index (χ1) is 11.5. The summed E-state index contributed by atoms with van der Waals surface area (Å²) in [5, 5.41) is 2.66.